The van der Waals surface area contributed by atoms with Gasteiger partial charge in [-0.15, -0.1) is 11.3 Å². The van der Waals surface area contributed by atoms with E-state index in [1.807, 2.05) is 0 Å². The fraction of sp³-hybridized carbons (Fsp3) is 0.182. The topological polar surface area (TPSA) is 85.1 Å². The highest BCUT2D eigenvalue weighted by atomic mass is 32.2. The van der Waals surface area contributed by atoms with E-state index in [2.05, 4.69) is 9.71 Å². The summed E-state index contributed by atoms with van der Waals surface area (Å²) in [5.74, 6) is -2.77. The molecule has 1 aromatic heterocycles. The zero-order valence-electron chi connectivity index (χ0n) is 10.4. The number of benzene rings is 1. The average molecular weight is 319 g/mol. The zero-order chi connectivity index (χ0) is 14.9. The highest BCUT2D eigenvalue weighted by Crippen LogP contribution is 2.21. The largest absolute Gasteiger partial charge is 0.399 e. The summed E-state index contributed by atoms with van der Waals surface area (Å²) in [5.41, 5.74) is 5.91. The molecule has 1 heterocycles. The maximum absolute atomic E-state index is 13.5. The number of nitrogens with two attached hydrogens (primary N) is 1. The first-order chi connectivity index (χ1) is 9.29. The lowest BCUT2D eigenvalue weighted by atomic mass is 10.3. The van der Waals surface area contributed by atoms with Crippen molar-refractivity contribution in [2.75, 3.05) is 5.73 Å². The fourth-order valence-electron chi connectivity index (χ4n) is 1.50. The van der Waals surface area contributed by atoms with Gasteiger partial charge in [-0.25, -0.2) is 26.9 Å². The highest BCUT2D eigenvalue weighted by molar-refractivity contribution is 7.89. The van der Waals surface area contributed by atoms with Crippen LogP contribution in [0.2, 0.25) is 0 Å². The molecule has 0 spiro atoms. The van der Waals surface area contributed by atoms with E-state index < -0.39 is 26.6 Å². The summed E-state index contributed by atoms with van der Waals surface area (Å²) < 4.78 is 52.8. The van der Waals surface area contributed by atoms with Crippen molar-refractivity contribution < 1.29 is 17.2 Å². The number of nitrogen functional groups attached to an aromatic ring is 1. The predicted molar refractivity (Wildman–Crippen MR) is 71.6 cm³/mol. The highest BCUT2D eigenvalue weighted by Gasteiger charge is 2.22. The first kappa shape index (κ1) is 14.8. The van der Waals surface area contributed by atoms with E-state index >= 15 is 0 Å². The van der Waals surface area contributed by atoms with E-state index in [1.165, 1.54) is 11.3 Å². The summed E-state index contributed by atoms with van der Waals surface area (Å²) in [7, 11) is -4.20. The molecule has 0 aliphatic carbocycles. The molecule has 0 atom stereocenters. The van der Waals surface area contributed by atoms with Gasteiger partial charge in [0.15, 0.2) is 11.6 Å². The summed E-state index contributed by atoms with van der Waals surface area (Å²) in [6.07, 6.45) is 0. The Labute approximate surface area is 118 Å². The number of anilines is 1. The molecule has 20 heavy (non-hydrogen) atoms. The van der Waals surface area contributed by atoms with Gasteiger partial charge in [0.1, 0.15) is 9.90 Å². The summed E-state index contributed by atoms with van der Waals surface area (Å²) >= 11 is 1.27. The molecule has 0 saturated carbocycles. The third kappa shape index (κ3) is 3.11. The number of halogens is 2. The van der Waals surface area contributed by atoms with Crippen LogP contribution >= 0.6 is 11.3 Å². The number of thiazole rings is 1. The molecule has 0 saturated heterocycles. The molecule has 0 aliphatic rings. The van der Waals surface area contributed by atoms with Crippen molar-refractivity contribution in [3.63, 3.8) is 0 Å². The number of aryl methyl sites for hydroxylation is 1. The summed E-state index contributed by atoms with van der Waals surface area (Å²) in [6, 6.07) is 1.59. The molecule has 9 heteroatoms. The van der Waals surface area contributed by atoms with Crippen LogP contribution in [0.1, 0.15) is 10.7 Å². The van der Waals surface area contributed by atoms with Gasteiger partial charge >= 0.3 is 0 Å². The second kappa shape index (κ2) is 5.43. The zero-order valence-corrected chi connectivity index (χ0v) is 12.0. The molecule has 0 amide bonds. The van der Waals surface area contributed by atoms with Crippen LogP contribution in [0, 0.1) is 18.6 Å². The standard InChI is InChI=1S/C11H11F2N3O2S2/c1-6-5-19-10(16-6)4-15-20(17,18)9-3-7(14)2-8(12)11(9)13/h2-3,5,15H,4,14H2,1H3. The Morgan fingerprint density at radius 3 is 2.70 bits per heavy atom. The van der Waals surface area contributed by atoms with Crippen molar-refractivity contribution in [2.24, 2.45) is 0 Å². The van der Waals surface area contributed by atoms with Crippen LogP contribution in [0.15, 0.2) is 22.4 Å². The Morgan fingerprint density at radius 1 is 1.40 bits per heavy atom. The van der Waals surface area contributed by atoms with Gasteiger partial charge < -0.3 is 5.73 Å². The molecule has 5 nitrogen and oxygen atoms in total. The minimum absolute atomic E-state index is 0.100. The summed E-state index contributed by atoms with van der Waals surface area (Å²) in [5, 5.41) is 2.28. The van der Waals surface area contributed by atoms with E-state index in [0.717, 1.165) is 17.8 Å². The maximum Gasteiger partial charge on any atom is 0.244 e. The van der Waals surface area contributed by atoms with Gasteiger partial charge in [-0.05, 0) is 19.1 Å². The fourth-order valence-corrected chi connectivity index (χ4v) is 3.41. The minimum atomic E-state index is -4.20. The normalized spacial score (nSPS) is 11.8. The molecule has 2 rings (SSSR count). The molecule has 0 aliphatic heterocycles. The van der Waals surface area contributed by atoms with E-state index in [9.17, 15) is 17.2 Å². The molecular weight excluding hydrogens is 308 g/mol. The third-order valence-corrected chi connectivity index (χ3v) is 4.75. The average Bonchev–Trinajstić information content (AvgIpc) is 2.77. The van der Waals surface area contributed by atoms with Crippen LogP contribution in [0.4, 0.5) is 14.5 Å². The lowest BCUT2D eigenvalue weighted by Gasteiger charge is -2.08. The molecule has 0 unspecified atom stereocenters. The first-order valence-corrected chi connectivity index (χ1v) is 7.81. The van der Waals surface area contributed by atoms with Crippen LogP contribution in [0.25, 0.3) is 0 Å². The van der Waals surface area contributed by atoms with Crippen LogP contribution in [-0.2, 0) is 16.6 Å². The van der Waals surface area contributed by atoms with Crippen LogP contribution < -0.4 is 10.5 Å². The van der Waals surface area contributed by atoms with Crippen molar-refractivity contribution in [1.29, 1.82) is 0 Å². The van der Waals surface area contributed by atoms with E-state index in [0.29, 0.717) is 5.01 Å². The maximum atomic E-state index is 13.5. The number of hydrogen-bond acceptors (Lipinski definition) is 5. The molecule has 1 aromatic carbocycles. The Balaban J connectivity index is 2.27. The number of sulfonamides is 1. The molecule has 3 N–H and O–H groups in total. The summed E-state index contributed by atoms with van der Waals surface area (Å²) in [4.78, 5) is 3.25. The van der Waals surface area contributed by atoms with Gasteiger partial charge in [0, 0.05) is 16.8 Å². The van der Waals surface area contributed by atoms with Crippen LogP contribution in [0.3, 0.4) is 0 Å². The SMILES string of the molecule is Cc1csc(CNS(=O)(=O)c2cc(N)cc(F)c2F)n1. The van der Waals surface area contributed by atoms with Gasteiger partial charge in [0.2, 0.25) is 10.0 Å². The van der Waals surface area contributed by atoms with Crippen molar-refractivity contribution in [1.82, 2.24) is 9.71 Å². The van der Waals surface area contributed by atoms with Gasteiger partial charge in [-0.2, -0.15) is 0 Å². The Hall–Kier alpha value is -1.58. The number of nitrogens with one attached hydrogen (secondary N) is 1. The van der Waals surface area contributed by atoms with E-state index in [4.69, 9.17) is 5.73 Å². The molecule has 0 radical (unpaired) electrons. The van der Waals surface area contributed by atoms with Gasteiger partial charge in [-0.1, -0.05) is 0 Å². The van der Waals surface area contributed by atoms with Gasteiger partial charge in [-0.3, -0.25) is 0 Å². The minimum Gasteiger partial charge on any atom is -0.399 e. The third-order valence-electron chi connectivity index (χ3n) is 2.39. The van der Waals surface area contributed by atoms with Crippen molar-refractivity contribution in [3.05, 3.63) is 39.8 Å². The van der Waals surface area contributed by atoms with Gasteiger partial charge in [0.25, 0.3) is 0 Å². The lowest BCUT2D eigenvalue weighted by Crippen LogP contribution is -2.24. The second-order valence-electron chi connectivity index (χ2n) is 4.02. The molecule has 0 fully saturated rings. The molecule has 0 bridgehead atoms. The van der Waals surface area contributed by atoms with E-state index in [1.54, 1.807) is 12.3 Å². The first-order valence-electron chi connectivity index (χ1n) is 5.45. The molecular formula is C11H11F2N3O2S2. The molecule has 2 aromatic rings. The Bertz CT molecular complexity index is 744. The lowest BCUT2D eigenvalue weighted by molar-refractivity contribution is 0.483. The van der Waals surface area contributed by atoms with Crippen molar-refractivity contribution in [3.8, 4) is 0 Å². The molecule has 108 valence electrons. The van der Waals surface area contributed by atoms with Crippen LogP contribution in [0.5, 0.6) is 0 Å². The number of aromatic nitrogens is 1. The number of rotatable bonds is 4. The van der Waals surface area contributed by atoms with Gasteiger partial charge in [0.05, 0.1) is 6.54 Å². The smallest absolute Gasteiger partial charge is 0.244 e. The van der Waals surface area contributed by atoms with Crippen molar-refractivity contribution >= 4 is 27.0 Å². The van der Waals surface area contributed by atoms with E-state index in [-0.39, 0.29) is 12.2 Å². The predicted octanol–water partition coefficient (Wildman–Crippen LogP) is 1.79. The van der Waals surface area contributed by atoms with Crippen molar-refractivity contribution in [2.45, 2.75) is 18.4 Å². The van der Waals surface area contributed by atoms with Crippen LogP contribution in [-0.4, -0.2) is 13.4 Å². The Morgan fingerprint density at radius 2 is 2.10 bits per heavy atom. The monoisotopic (exact) mass is 319 g/mol. The quantitative estimate of drug-likeness (QED) is 0.841. The number of nitrogens with zero attached hydrogens (tertiary/aromatic N) is 1. The Kier molecular flexibility index (Phi) is 4.02. The summed E-state index contributed by atoms with van der Waals surface area (Å²) in [6.45, 7) is 1.66. The number of hydrogen-bond donors (Lipinski definition) is 2. The second-order valence-corrected chi connectivity index (χ2v) is 6.70.